The van der Waals surface area contributed by atoms with Crippen molar-refractivity contribution >= 4 is 0 Å². The van der Waals surface area contributed by atoms with Crippen LogP contribution in [0.3, 0.4) is 0 Å². The number of rotatable bonds is 1. The summed E-state index contributed by atoms with van der Waals surface area (Å²) in [6, 6.07) is 0. The fourth-order valence-corrected chi connectivity index (χ4v) is 2.88. The number of hydrogen-bond donors (Lipinski definition) is 2. The Morgan fingerprint density at radius 3 is 2.92 bits per heavy atom. The molecule has 2 rings (SSSR count). The van der Waals surface area contributed by atoms with Crippen molar-refractivity contribution < 1.29 is 10.2 Å². The topological polar surface area (TPSA) is 40.5 Å². The van der Waals surface area contributed by atoms with E-state index in [-0.39, 0.29) is 12.5 Å². The van der Waals surface area contributed by atoms with E-state index in [0.29, 0.717) is 5.92 Å². The predicted molar refractivity (Wildman–Crippen MR) is 51.2 cm³/mol. The van der Waals surface area contributed by atoms with Crippen molar-refractivity contribution in [2.75, 3.05) is 6.61 Å². The van der Waals surface area contributed by atoms with Crippen molar-refractivity contribution in [3.05, 3.63) is 12.2 Å². The van der Waals surface area contributed by atoms with E-state index in [4.69, 9.17) is 0 Å². The molecule has 0 saturated heterocycles. The third-order valence-electron chi connectivity index (χ3n) is 3.77. The fourth-order valence-electron chi connectivity index (χ4n) is 2.88. The van der Waals surface area contributed by atoms with Gasteiger partial charge >= 0.3 is 0 Å². The lowest BCUT2D eigenvalue weighted by atomic mass is 9.64. The first-order valence-corrected chi connectivity index (χ1v) is 5.25. The third-order valence-corrected chi connectivity index (χ3v) is 3.77. The average molecular weight is 182 g/mol. The van der Waals surface area contributed by atoms with Crippen LogP contribution in [0.4, 0.5) is 0 Å². The van der Waals surface area contributed by atoms with Crippen LogP contribution in [0.25, 0.3) is 0 Å². The molecule has 0 aromatic heterocycles. The van der Waals surface area contributed by atoms with E-state index in [1.54, 1.807) is 0 Å². The van der Waals surface area contributed by atoms with Gasteiger partial charge in [-0.2, -0.15) is 0 Å². The average Bonchev–Trinajstić information content (AvgIpc) is 2.16. The van der Waals surface area contributed by atoms with Crippen molar-refractivity contribution in [3.63, 3.8) is 0 Å². The van der Waals surface area contributed by atoms with E-state index in [9.17, 15) is 10.2 Å². The lowest BCUT2D eigenvalue weighted by molar-refractivity contribution is -0.109. The normalized spacial score (nSPS) is 44.5. The van der Waals surface area contributed by atoms with Gasteiger partial charge in [-0.05, 0) is 31.6 Å². The molecular weight excluding hydrogens is 164 g/mol. The zero-order chi connectivity index (χ0) is 9.31. The summed E-state index contributed by atoms with van der Waals surface area (Å²) in [6.45, 7) is 0.140. The van der Waals surface area contributed by atoms with Crippen LogP contribution < -0.4 is 0 Å². The van der Waals surface area contributed by atoms with Gasteiger partial charge in [-0.25, -0.2) is 0 Å². The van der Waals surface area contributed by atoms with Gasteiger partial charge in [-0.1, -0.05) is 18.6 Å². The first kappa shape index (κ1) is 9.22. The van der Waals surface area contributed by atoms with Crippen LogP contribution in [0.5, 0.6) is 0 Å². The molecular formula is C11H18O2. The van der Waals surface area contributed by atoms with Gasteiger partial charge in [0.1, 0.15) is 0 Å². The second kappa shape index (κ2) is 3.43. The van der Waals surface area contributed by atoms with Crippen LogP contribution in [-0.2, 0) is 0 Å². The second-order valence-electron chi connectivity index (χ2n) is 4.41. The minimum absolute atomic E-state index is 0.108. The summed E-state index contributed by atoms with van der Waals surface area (Å²) in [5.41, 5.74) is -0.595. The second-order valence-corrected chi connectivity index (χ2v) is 4.41. The van der Waals surface area contributed by atoms with Crippen molar-refractivity contribution in [1.29, 1.82) is 0 Å². The number of aliphatic hydroxyl groups excluding tert-OH is 1. The molecule has 1 fully saturated rings. The molecule has 2 N–H and O–H groups in total. The quantitative estimate of drug-likeness (QED) is 0.603. The Morgan fingerprint density at radius 1 is 1.31 bits per heavy atom. The van der Waals surface area contributed by atoms with Gasteiger partial charge in [0.15, 0.2) is 0 Å². The highest BCUT2D eigenvalue weighted by Gasteiger charge is 2.45. The summed E-state index contributed by atoms with van der Waals surface area (Å²) >= 11 is 0. The van der Waals surface area contributed by atoms with Gasteiger partial charge in [0.05, 0.1) is 5.60 Å². The molecule has 2 heteroatoms. The van der Waals surface area contributed by atoms with E-state index >= 15 is 0 Å². The van der Waals surface area contributed by atoms with Crippen LogP contribution in [0.2, 0.25) is 0 Å². The Hall–Kier alpha value is -0.340. The lowest BCUT2D eigenvalue weighted by Gasteiger charge is -2.46. The van der Waals surface area contributed by atoms with Gasteiger partial charge in [0.2, 0.25) is 0 Å². The summed E-state index contributed by atoms with van der Waals surface area (Å²) in [5.74, 6) is 0.500. The Morgan fingerprint density at radius 2 is 2.15 bits per heavy atom. The predicted octanol–water partition coefficient (Wildman–Crippen LogP) is 1.48. The van der Waals surface area contributed by atoms with Gasteiger partial charge in [0.25, 0.3) is 0 Å². The summed E-state index contributed by atoms with van der Waals surface area (Å²) in [6.07, 6.45) is 9.22. The van der Waals surface area contributed by atoms with Crippen LogP contribution >= 0.6 is 0 Å². The van der Waals surface area contributed by atoms with Gasteiger partial charge in [0, 0.05) is 12.5 Å². The maximum absolute atomic E-state index is 10.4. The van der Waals surface area contributed by atoms with Crippen LogP contribution in [0, 0.1) is 11.8 Å². The molecule has 0 heterocycles. The Balaban J connectivity index is 2.20. The minimum atomic E-state index is -0.595. The van der Waals surface area contributed by atoms with Gasteiger partial charge < -0.3 is 10.2 Å². The Bertz CT molecular complexity index is 212. The van der Waals surface area contributed by atoms with Crippen LogP contribution in [0.1, 0.15) is 32.1 Å². The first-order chi connectivity index (χ1) is 6.27. The molecule has 0 spiro atoms. The summed E-state index contributed by atoms with van der Waals surface area (Å²) in [4.78, 5) is 0. The van der Waals surface area contributed by atoms with E-state index < -0.39 is 5.60 Å². The fraction of sp³-hybridized carbons (Fsp3) is 0.818. The monoisotopic (exact) mass is 182 g/mol. The highest BCUT2D eigenvalue weighted by Crippen LogP contribution is 2.44. The van der Waals surface area contributed by atoms with E-state index in [1.165, 1.54) is 0 Å². The number of hydrogen-bond acceptors (Lipinski definition) is 2. The molecule has 0 aromatic rings. The Kier molecular flexibility index (Phi) is 2.43. The zero-order valence-electron chi connectivity index (χ0n) is 7.95. The maximum atomic E-state index is 10.4. The molecule has 0 radical (unpaired) electrons. The number of aliphatic hydroxyl groups is 2. The molecule has 0 unspecified atom stereocenters. The van der Waals surface area contributed by atoms with E-state index in [1.807, 2.05) is 0 Å². The molecule has 2 aliphatic carbocycles. The van der Waals surface area contributed by atoms with Crippen molar-refractivity contribution in [2.45, 2.75) is 37.7 Å². The standard InChI is InChI=1S/C11H18O2/c12-8-10-6-3-5-9-4-1-2-7-11(9,10)13/h1-2,9-10,12-13H,3-8H2/t9-,10-,11-/m1/s1. The SMILES string of the molecule is OC[C@H]1CCC[C@H]2CC=CC[C@@]21O. The molecule has 13 heavy (non-hydrogen) atoms. The maximum Gasteiger partial charge on any atom is 0.0762 e. The van der Waals surface area contributed by atoms with Crippen molar-refractivity contribution in [1.82, 2.24) is 0 Å². The number of allylic oxidation sites excluding steroid dienone is 1. The van der Waals surface area contributed by atoms with E-state index in [2.05, 4.69) is 12.2 Å². The minimum Gasteiger partial charge on any atom is -0.396 e. The highest BCUT2D eigenvalue weighted by atomic mass is 16.3. The summed E-state index contributed by atoms with van der Waals surface area (Å²) in [7, 11) is 0. The molecule has 2 aliphatic rings. The Labute approximate surface area is 79.3 Å². The molecule has 0 amide bonds. The summed E-state index contributed by atoms with van der Waals surface area (Å²) < 4.78 is 0. The molecule has 0 bridgehead atoms. The van der Waals surface area contributed by atoms with Crippen molar-refractivity contribution in [2.24, 2.45) is 11.8 Å². The smallest absolute Gasteiger partial charge is 0.0762 e. The van der Waals surface area contributed by atoms with Crippen LogP contribution in [0.15, 0.2) is 12.2 Å². The first-order valence-electron chi connectivity index (χ1n) is 5.25. The molecule has 74 valence electrons. The lowest BCUT2D eigenvalue weighted by Crippen LogP contribution is -2.50. The third kappa shape index (κ3) is 1.42. The van der Waals surface area contributed by atoms with Crippen molar-refractivity contribution in [3.8, 4) is 0 Å². The zero-order valence-corrected chi connectivity index (χ0v) is 7.95. The largest absolute Gasteiger partial charge is 0.396 e. The van der Waals surface area contributed by atoms with E-state index in [0.717, 1.165) is 32.1 Å². The molecule has 0 aromatic carbocycles. The molecule has 0 aliphatic heterocycles. The summed E-state index contributed by atoms with van der Waals surface area (Å²) in [5, 5.41) is 19.7. The van der Waals surface area contributed by atoms with Gasteiger partial charge in [-0.3, -0.25) is 0 Å². The number of fused-ring (bicyclic) bond motifs is 1. The molecule has 2 nitrogen and oxygen atoms in total. The molecule has 3 atom stereocenters. The van der Waals surface area contributed by atoms with Crippen LogP contribution in [-0.4, -0.2) is 22.4 Å². The molecule has 1 saturated carbocycles. The highest BCUT2D eigenvalue weighted by molar-refractivity contribution is 5.07. The van der Waals surface area contributed by atoms with Gasteiger partial charge in [-0.15, -0.1) is 0 Å².